The van der Waals surface area contributed by atoms with Crippen molar-refractivity contribution in [2.24, 2.45) is 7.05 Å². The van der Waals surface area contributed by atoms with Gasteiger partial charge in [-0.15, -0.1) is 0 Å². The van der Waals surface area contributed by atoms with Gasteiger partial charge in [0, 0.05) is 25.5 Å². The van der Waals surface area contributed by atoms with Gasteiger partial charge in [-0.2, -0.15) is 4.98 Å². The Morgan fingerprint density at radius 1 is 1.10 bits per heavy atom. The lowest BCUT2D eigenvalue weighted by Gasteiger charge is -2.16. The van der Waals surface area contributed by atoms with Gasteiger partial charge in [0.25, 0.3) is 5.56 Å². The first-order chi connectivity index (χ1) is 13.9. The van der Waals surface area contributed by atoms with Crippen LogP contribution in [0.5, 0.6) is 0 Å². The van der Waals surface area contributed by atoms with Crippen LogP contribution in [0.1, 0.15) is 29.9 Å². The molecule has 0 fully saturated rings. The number of imidazole rings is 2. The molecule has 4 aromatic rings. The zero-order valence-corrected chi connectivity index (χ0v) is 17.3. The van der Waals surface area contributed by atoms with Crippen LogP contribution in [-0.4, -0.2) is 36.8 Å². The highest BCUT2D eigenvalue weighted by molar-refractivity contribution is 5.76. The zero-order valence-electron chi connectivity index (χ0n) is 17.3. The van der Waals surface area contributed by atoms with Gasteiger partial charge in [-0.3, -0.25) is 18.3 Å². The second kappa shape index (κ2) is 7.04. The van der Waals surface area contributed by atoms with Crippen LogP contribution >= 0.6 is 0 Å². The second-order valence-electron chi connectivity index (χ2n) is 7.34. The van der Waals surface area contributed by atoms with Crippen LogP contribution in [0.4, 0.5) is 0 Å². The van der Waals surface area contributed by atoms with E-state index in [1.165, 1.54) is 9.13 Å². The molecule has 1 aromatic carbocycles. The van der Waals surface area contributed by atoms with Crippen LogP contribution in [0.15, 0.2) is 39.9 Å². The van der Waals surface area contributed by atoms with E-state index in [4.69, 9.17) is 9.72 Å². The zero-order chi connectivity index (χ0) is 20.9. The maximum atomic E-state index is 13.2. The minimum absolute atomic E-state index is 0.0250. The molecule has 1 atom stereocenters. The summed E-state index contributed by atoms with van der Waals surface area (Å²) in [5.74, 6) is 0.656. The van der Waals surface area contributed by atoms with Crippen molar-refractivity contribution < 1.29 is 4.74 Å². The van der Waals surface area contributed by atoms with Gasteiger partial charge in [-0.25, -0.2) is 4.79 Å². The first-order valence-corrected chi connectivity index (χ1v) is 9.61. The van der Waals surface area contributed by atoms with E-state index >= 15 is 0 Å². The van der Waals surface area contributed by atoms with Crippen molar-refractivity contribution >= 4 is 16.9 Å². The van der Waals surface area contributed by atoms with E-state index in [-0.39, 0.29) is 24.8 Å². The number of aryl methyl sites for hydroxylation is 2. The van der Waals surface area contributed by atoms with E-state index in [1.807, 2.05) is 36.4 Å². The highest BCUT2D eigenvalue weighted by Crippen LogP contribution is 2.27. The molecule has 152 valence electrons. The molecule has 4 rings (SSSR count). The maximum absolute atomic E-state index is 13.2. The number of fused-ring (bicyclic) bond motifs is 3. The van der Waals surface area contributed by atoms with Crippen LogP contribution < -0.4 is 11.2 Å². The Kier molecular flexibility index (Phi) is 4.66. The Morgan fingerprint density at radius 2 is 1.79 bits per heavy atom. The molecule has 0 spiro atoms. The summed E-state index contributed by atoms with van der Waals surface area (Å²) in [6, 6.07) is 10.2. The second-order valence-corrected chi connectivity index (χ2v) is 7.34. The van der Waals surface area contributed by atoms with Gasteiger partial charge in [0.15, 0.2) is 11.2 Å². The Morgan fingerprint density at radius 3 is 2.45 bits per heavy atom. The number of rotatable bonds is 5. The quantitative estimate of drug-likeness (QED) is 0.518. The fourth-order valence-corrected chi connectivity index (χ4v) is 4.00. The summed E-state index contributed by atoms with van der Waals surface area (Å²) in [7, 11) is 3.19. The van der Waals surface area contributed by atoms with Crippen molar-refractivity contribution in [2.75, 3.05) is 13.7 Å². The first-order valence-electron chi connectivity index (χ1n) is 9.61. The number of aromatic nitrogens is 5. The third-order valence-electron chi connectivity index (χ3n) is 5.75. The van der Waals surface area contributed by atoms with Crippen molar-refractivity contribution in [3.05, 3.63) is 68.1 Å². The normalized spacial score (nSPS) is 12.9. The van der Waals surface area contributed by atoms with Gasteiger partial charge in [0.2, 0.25) is 5.78 Å². The van der Waals surface area contributed by atoms with Crippen LogP contribution in [0.2, 0.25) is 0 Å². The van der Waals surface area contributed by atoms with E-state index in [2.05, 4.69) is 23.6 Å². The Bertz CT molecular complexity index is 1320. The SMILES string of the molecule is COCCn1c(=O)c2c(nc3n(C(C)c4ccccc4)c(C)c(C)n23)n(C)c1=O. The van der Waals surface area contributed by atoms with Crippen molar-refractivity contribution in [1.82, 2.24) is 23.1 Å². The fraction of sp³-hybridized carbons (Fsp3) is 0.381. The Hall–Kier alpha value is -3.13. The predicted molar refractivity (Wildman–Crippen MR) is 112 cm³/mol. The number of benzene rings is 1. The van der Waals surface area contributed by atoms with Gasteiger partial charge in [0.05, 0.1) is 19.2 Å². The highest BCUT2D eigenvalue weighted by atomic mass is 16.5. The number of hydrogen-bond acceptors (Lipinski definition) is 4. The van der Waals surface area contributed by atoms with Crippen molar-refractivity contribution in [3.8, 4) is 0 Å². The average Bonchev–Trinajstić information content (AvgIpc) is 3.22. The number of nitrogens with zero attached hydrogens (tertiary/aromatic N) is 5. The minimum atomic E-state index is -0.391. The maximum Gasteiger partial charge on any atom is 0.332 e. The summed E-state index contributed by atoms with van der Waals surface area (Å²) in [6.45, 7) is 6.59. The van der Waals surface area contributed by atoms with Crippen LogP contribution in [0, 0.1) is 13.8 Å². The van der Waals surface area contributed by atoms with E-state index in [0.29, 0.717) is 16.9 Å². The van der Waals surface area contributed by atoms with Gasteiger partial charge in [-0.1, -0.05) is 30.3 Å². The first kappa shape index (κ1) is 19.2. The molecule has 29 heavy (non-hydrogen) atoms. The molecule has 0 aliphatic carbocycles. The van der Waals surface area contributed by atoms with E-state index in [1.54, 1.807) is 14.2 Å². The predicted octanol–water partition coefficient (Wildman–Crippen LogP) is 2.02. The summed E-state index contributed by atoms with van der Waals surface area (Å²) in [5, 5.41) is 0. The van der Waals surface area contributed by atoms with Crippen LogP contribution in [0.3, 0.4) is 0 Å². The van der Waals surface area contributed by atoms with Crippen molar-refractivity contribution in [3.63, 3.8) is 0 Å². The number of ether oxygens (including phenoxy) is 1. The van der Waals surface area contributed by atoms with Gasteiger partial charge in [0.1, 0.15) is 0 Å². The smallest absolute Gasteiger partial charge is 0.332 e. The highest BCUT2D eigenvalue weighted by Gasteiger charge is 2.24. The third kappa shape index (κ3) is 2.74. The van der Waals surface area contributed by atoms with E-state index in [0.717, 1.165) is 17.0 Å². The molecule has 3 heterocycles. The molecule has 0 radical (unpaired) electrons. The van der Waals surface area contributed by atoms with E-state index < -0.39 is 5.69 Å². The molecular formula is C21H25N5O3. The molecule has 8 heteroatoms. The van der Waals surface area contributed by atoms with Crippen LogP contribution in [-0.2, 0) is 18.3 Å². The van der Waals surface area contributed by atoms with Crippen molar-refractivity contribution in [2.45, 2.75) is 33.4 Å². The topological polar surface area (TPSA) is 75.5 Å². The molecule has 0 aliphatic heterocycles. The lowest BCUT2D eigenvalue weighted by Crippen LogP contribution is -2.40. The molecule has 0 N–H and O–H groups in total. The average molecular weight is 395 g/mol. The van der Waals surface area contributed by atoms with Gasteiger partial charge in [-0.05, 0) is 26.3 Å². The van der Waals surface area contributed by atoms with Gasteiger partial charge >= 0.3 is 5.69 Å². The monoisotopic (exact) mass is 395 g/mol. The molecule has 0 saturated carbocycles. The molecule has 0 amide bonds. The summed E-state index contributed by atoms with van der Waals surface area (Å²) in [4.78, 5) is 30.7. The lowest BCUT2D eigenvalue weighted by molar-refractivity contribution is 0.184. The third-order valence-corrected chi connectivity index (χ3v) is 5.75. The fourth-order valence-electron chi connectivity index (χ4n) is 4.00. The number of methoxy groups -OCH3 is 1. The molecule has 1 unspecified atom stereocenters. The molecule has 0 saturated heterocycles. The summed E-state index contributed by atoms with van der Waals surface area (Å²) >= 11 is 0. The summed E-state index contributed by atoms with van der Waals surface area (Å²) < 4.78 is 11.7. The minimum Gasteiger partial charge on any atom is -0.383 e. The molecule has 0 aliphatic rings. The largest absolute Gasteiger partial charge is 0.383 e. The molecule has 0 bridgehead atoms. The molecule has 3 aromatic heterocycles. The molecular weight excluding hydrogens is 370 g/mol. The summed E-state index contributed by atoms with van der Waals surface area (Å²) in [6.07, 6.45) is 0. The summed E-state index contributed by atoms with van der Waals surface area (Å²) in [5.41, 5.74) is 3.17. The molecule has 8 nitrogen and oxygen atoms in total. The Balaban J connectivity index is 2.07. The van der Waals surface area contributed by atoms with Crippen LogP contribution in [0.25, 0.3) is 16.9 Å². The Labute approximate surface area is 167 Å². The van der Waals surface area contributed by atoms with Gasteiger partial charge < -0.3 is 9.30 Å². The number of hydrogen-bond donors (Lipinski definition) is 0. The lowest BCUT2D eigenvalue weighted by atomic mass is 10.1. The standard InChI is InChI=1S/C21H25N5O3/c1-13-14(2)26-17-18(23(4)21(28)24(19(17)27)11-12-29-5)22-20(26)25(13)15(3)16-9-7-6-8-10-16/h6-10,15H,11-12H2,1-5H3. The van der Waals surface area contributed by atoms with E-state index in [9.17, 15) is 9.59 Å². The van der Waals surface area contributed by atoms with Crippen molar-refractivity contribution in [1.29, 1.82) is 0 Å².